The summed E-state index contributed by atoms with van der Waals surface area (Å²) in [5.41, 5.74) is 0.582. The highest BCUT2D eigenvalue weighted by atomic mass is 32.2. The zero-order valence-corrected chi connectivity index (χ0v) is 11.7. The summed E-state index contributed by atoms with van der Waals surface area (Å²) in [6.45, 7) is 2.41. The molecule has 0 spiro atoms. The number of hydrogen-bond acceptors (Lipinski definition) is 4. The predicted octanol–water partition coefficient (Wildman–Crippen LogP) is 0.743. The average Bonchev–Trinajstić information content (AvgIpc) is 2.88. The molecule has 0 aliphatic carbocycles. The Morgan fingerprint density at radius 2 is 2.21 bits per heavy atom. The van der Waals surface area contributed by atoms with E-state index in [0.29, 0.717) is 25.1 Å². The molecule has 0 amide bonds. The van der Waals surface area contributed by atoms with Crippen LogP contribution in [0.25, 0.3) is 0 Å². The second-order valence-electron chi connectivity index (χ2n) is 4.95. The number of sulfonamides is 1. The molecule has 0 radical (unpaired) electrons. The molecule has 1 saturated heterocycles. The third kappa shape index (κ3) is 2.97. The van der Waals surface area contributed by atoms with Gasteiger partial charge in [0.05, 0.1) is 11.0 Å². The van der Waals surface area contributed by atoms with Crippen molar-refractivity contribution in [3.05, 3.63) is 29.8 Å². The molecule has 5 nitrogen and oxygen atoms in total. The van der Waals surface area contributed by atoms with E-state index in [1.165, 1.54) is 16.4 Å². The number of nitrogens with zero attached hydrogens (tertiary/aromatic N) is 1. The molecule has 1 heterocycles. The van der Waals surface area contributed by atoms with E-state index in [1.54, 1.807) is 19.1 Å². The van der Waals surface area contributed by atoms with Crippen molar-refractivity contribution in [2.75, 3.05) is 19.7 Å². The first-order valence-corrected chi connectivity index (χ1v) is 7.78. The molecular formula is C13H19NO4S. The molecule has 1 aromatic carbocycles. The summed E-state index contributed by atoms with van der Waals surface area (Å²) in [7, 11) is -3.53. The highest BCUT2D eigenvalue weighted by molar-refractivity contribution is 7.89. The van der Waals surface area contributed by atoms with Crippen molar-refractivity contribution in [1.82, 2.24) is 4.31 Å². The van der Waals surface area contributed by atoms with Crippen LogP contribution in [0.5, 0.6) is 0 Å². The lowest BCUT2D eigenvalue weighted by Crippen LogP contribution is -2.29. The maximum atomic E-state index is 12.4. The summed E-state index contributed by atoms with van der Waals surface area (Å²) in [4.78, 5) is 0.199. The molecule has 1 aliphatic heterocycles. The van der Waals surface area contributed by atoms with Gasteiger partial charge in [0.15, 0.2) is 0 Å². The van der Waals surface area contributed by atoms with Crippen LogP contribution in [0.3, 0.4) is 0 Å². The van der Waals surface area contributed by atoms with Gasteiger partial charge in [-0.2, -0.15) is 4.31 Å². The highest BCUT2D eigenvalue weighted by Gasteiger charge is 2.32. The minimum absolute atomic E-state index is 0.0136. The molecule has 2 N–H and O–H groups in total. The fourth-order valence-electron chi connectivity index (χ4n) is 2.25. The van der Waals surface area contributed by atoms with E-state index < -0.39 is 16.1 Å². The lowest BCUT2D eigenvalue weighted by Gasteiger charge is -2.17. The minimum atomic E-state index is -3.53. The quantitative estimate of drug-likeness (QED) is 0.855. The smallest absolute Gasteiger partial charge is 0.243 e. The summed E-state index contributed by atoms with van der Waals surface area (Å²) >= 11 is 0. The number of aliphatic hydroxyl groups excluding tert-OH is 2. The zero-order valence-electron chi connectivity index (χ0n) is 10.9. The van der Waals surface area contributed by atoms with E-state index in [-0.39, 0.29) is 17.4 Å². The van der Waals surface area contributed by atoms with Gasteiger partial charge in [0, 0.05) is 19.7 Å². The molecule has 0 aromatic heterocycles. The summed E-state index contributed by atoms with van der Waals surface area (Å²) in [6, 6.07) is 6.37. The van der Waals surface area contributed by atoms with E-state index in [2.05, 4.69) is 0 Å². The average molecular weight is 285 g/mol. The minimum Gasteiger partial charge on any atom is -0.396 e. The molecule has 1 aliphatic rings. The van der Waals surface area contributed by atoms with Gasteiger partial charge in [-0.1, -0.05) is 12.1 Å². The Balaban J connectivity index is 2.27. The standard InChI is InChI=1S/C13H19NO4S/c1-10(16)12-3-2-4-13(7-12)19(17,18)14-6-5-11(8-14)9-15/h2-4,7,10-11,15-16H,5-6,8-9H2,1H3. The lowest BCUT2D eigenvalue weighted by atomic mass is 10.1. The molecule has 6 heteroatoms. The second-order valence-corrected chi connectivity index (χ2v) is 6.89. The third-order valence-corrected chi connectivity index (χ3v) is 5.35. The van der Waals surface area contributed by atoms with E-state index in [0.717, 1.165) is 0 Å². The largest absolute Gasteiger partial charge is 0.396 e. The van der Waals surface area contributed by atoms with Crippen LogP contribution < -0.4 is 0 Å². The van der Waals surface area contributed by atoms with Crippen molar-refractivity contribution >= 4 is 10.0 Å². The van der Waals surface area contributed by atoms with Crippen LogP contribution in [0.15, 0.2) is 29.2 Å². The molecule has 0 bridgehead atoms. The van der Waals surface area contributed by atoms with Crippen molar-refractivity contribution in [3.63, 3.8) is 0 Å². The van der Waals surface area contributed by atoms with E-state index in [9.17, 15) is 13.5 Å². The van der Waals surface area contributed by atoms with Crippen molar-refractivity contribution in [3.8, 4) is 0 Å². The zero-order chi connectivity index (χ0) is 14.0. The molecular weight excluding hydrogens is 266 g/mol. The highest BCUT2D eigenvalue weighted by Crippen LogP contribution is 2.25. The monoisotopic (exact) mass is 285 g/mol. The first-order valence-electron chi connectivity index (χ1n) is 6.34. The Hall–Kier alpha value is -0.950. The van der Waals surface area contributed by atoms with Gasteiger partial charge in [-0.25, -0.2) is 8.42 Å². The van der Waals surface area contributed by atoms with Gasteiger partial charge in [0.25, 0.3) is 0 Å². The summed E-state index contributed by atoms with van der Waals surface area (Å²) in [6.07, 6.45) is -0.00911. The molecule has 2 unspecified atom stereocenters. The maximum Gasteiger partial charge on any atom is 0.243 e. The van der Waals surface area contributed by atoms with E-state index in [1.807, 2.05) is 0 Å². The van der Waals surface area contributed by atoms with Gasteiger partial charge in [-0.15, -0.1) is 0 Å². The van der Waals surface area contributed by atoms with E-state index in [4.69, 9.17) is 5.11 Å². The molecule has 106 valence electrons. The SMILES string of the molecule is CC(O)c1cccc(S(=O)(=O)N2CCC(CO)C2)c1. The maximum absolute atomic E-state index is 12.4. The molecule has 2 rings (SSSR count). The molecule has 0 saturated carbocycles. The Morgan fingerprint density at radius 3 is 2.79 bits per heavy atom. The van der Waals surface area contributed by atoms with Crippen LogP contribution in [-0.2, 0) is 10.0 Å². The first-order chi connectivity index (χ1) is 8.95. The van der Waals surface area contributed by atoms with Crippen molar-refractivity contribution in [2.45, 2.75) is 24.3 Å². The number of hydrogen-bond donors (Lipinski definition) is 2. The molecule has 1 fully saturated rings. The fraction of sp³-hybridized carbons (Fsp3) is 0.538. The summed E-state index contributed by atoms with van der Waals surface area (Å²) < 4.78 is 26.3. The van der Waals surface area contributed by atoms with Crippen LogP contribution in [0.4, 0.5) is 0 Å². The van der Waals surface area contributed by atoms with Crippen LogP contribution >= 0.6 is 0 Å². The number of benzene rings is 1. The summed E-state index contributed by atoms with van der Waals surface area (Å²) in [5.74, 6) is 0.0229. The van der Waals surface area contributed by atoms with E-state index >= 15 is 0 Å². The predicted molar refractivity (Wildman–Crippen MR) is 71.0 cm³/mol. The Bertz CT molecular complexity index is 541. The first kappa shape index (κ1) is 14.5. The van der Waals surface area contributed by atoms with Crippen LogP contribution in [0.1, 0.15) is 25.0 Å². The van der Waals surface area contributed by atoms with Gasteiger partial charge >= 0.3 is 0 Å². The van der Waals surface area contributed by atoms with Gasteiger partial charge in [-0.05, 0) is 37.0 Å². The van der Waals surface area contributed by atoms with Crippen LogP contribution in [0, 0.1) is 5.92 Å². The molecule has 2 atom stereocenters. The van der Waals surface area contributed by atoms with Gasteiger partial charge < -0.3 is 10.2 Å². The Labute approximate surface area is 113 Å². The number of rotatable bonds is 4. The van der Waals surface area contributed by atoms with Gasteiger partial charge in [-0.3, -0.25) is 0 Å². The van der Waals surface area contributed by atoms with Crippen LogP contribution in [0.2, 0.25) is 0 Å². The van der Waals surface area contributed by atoms with Crippen molar-refractivity contribution < 1.29 is 18.6 Å². The van der Waals surface area contributed by atoms with Crippen molar-refractivity contribution in [1.29, 1.82) is 0 Å². The molecule has 19 heavy (non-hydrogen) atoms. The van der Waals surface area contributed by atoms with Crippen molar-refractivity contribution in [2.24, 2.45) is 5.92 Å². The molecule has 1 aromatic rings. The second kappa shape index (κ2) is 5.58. The fourth-order valence-corrected chi connectivity index (χ4v) is 3.83. The van der Waals surface area contributed by atoms with Crippen LogP contribution in [-0.4, -0.2) is 42.6 Å². The Morgan fingerprint density at radius 1 is 1.47 bits per heavy atom. The Kier molecular flexibility index (Phi) is 4.25. The lowest BCUT2D eigenvalue weighted by molar-refractivity contribution is 0.199. The van der Waals surface area contributed by atoms with Gasteiger partial charge in [0.1, 0.15) is 0 Å². The summed E-state index contributed by atoms with van der Waals surface area (Å²) in [5, 5.41) is 18.6. The third-order valence-electron chi connectivity index (χ3n) is 3.49. The van der Waals surface area contributed by atoms with Gasteiger partial charge in [0.2, 0.25) is 10.0 Å². The number of aliphatic hydroxyl groups is 2. The normalized spacial score (nSPS) is 22.6. The topological polar surface area (TPSA) is 77.8 Å².